The SMILES string of the molecule is CCCS(=O)(=O)N1CCN(C(=O)c2nn3c(c2F)OCC3)CC1. The topological polar surface area (TPSA) is 84.7 Å². The Morgan fingerprint density at radius 2 is 1.96 bits per heavy atom. The van der Waals surface area contributed by atoms with E-state index in [1.54, 1.807) is 6.92 Å². The smallest absolute Gasteiger partial charge is 0.277 e. The van der Waals surface area contributed by atoms with Crippen LogP contribution < -0.4 is 4.74 Å². The number of piperazine rings is 1. The molecule has 2 aliphatic rings. The summed E-state index contributed by atoms with van der Waals surface area (Å²) >= 11 is 0. The summed E-state index contributed by atoms with van der Waals surface area (Å²) in [4.78, 5) is 13.8. The number of hydrogen-bond acceptors (Lipinski definition) is 5. The fourth-order valence-corrected chi connectivity index (χ4v) is 4.28. The lowest BCUT2D eigenvalue weighted by Gasteiger charge is -2.33. The van der Waals surface area contributed by atoms with Crippen molar-refractivity contribution in [2.24, 2.45) is 0 Å². The number of fused-ring (bicyclic) bond motifs is 1. The maximum absolute atomic E-state index is 14.1. The lowest BCUT2D eigenvalue weighted by atomic mass is 10.3. The summed E-state index contributed by atoms with van der Waals surface area (Å²) in [5.41, 5.74) is -0.260. The zero-order chi connectivity index (χ0) is 16.6. The van der Waals surface area contributed by atoms with Crippen LogP contribution in [-0.4, -0.2) is 71.8 Å². The van der Waals surface area contributed by atoms with Crippen molar-refractivity contribution in [2.75, 3.05) is 38.5 Å². The first-order chi connectivity index (χ1) is 10.9. The summed E-state index contributed by atoms with van der Waals surface area (Å²) in [5, 5.41) is 3.96. The second-order valence-corrected chi connectivity index (χ2v) is 7.64. The molecule has 128 valence electrons. The summed E-state index contributed by atoms with van der Waals surface area (Å²) in [5.74, 6) is -1.17. The second kappa shape index (κ2) is 6.08. The predicted octanol–water partition coefficient (Wildman–Crippen LogP) is -0.0878. The van der Waals surface area contributed by atoms with Crippen LogP contribution in [0.25, 0.3) is 0 Å². The molecule has 0 aliphatic carbocycles. The van der Waals surface area contributed by atoms with E-state index < -0.39 is 21.7 Å². The molecule has 0 unspecified atom stereocenters. The quantitative estimate of drug-likeness (QED) is 0.761. The van der Waals surface area contributed by atoms with Crippen LogP contribution in [0.3, 0.4) is 0 Å². The third kappa shape index (κ3) is 2.92. The van der Waals surface area contributed by atoms with Gasteiger partial charge in [-0.3, -0.25) is 4.79 Å². The van der Waals surface area contributed by atoms with E-state index in [0.717, 1.165) is 0 Å². The molecule has 1 aromatic rings. The second-order valence-electron chi connectivity index (χ2n) is 5.55. The molecule has 1 saturated heterocycles. The molecule has 10 heteroatoms. The van der Waals surface area contributed by atoms with Crippen molar-refractivity contribution in [3.05, 3.63) is 11.5 Å². The fraction of sp³-hybridized carbons (Fsp3) is 0.692. The average Bonchev–Trinajstić information content (AvgIpc) is 3.10. The first kappa shape index (κ1) is 16.2. The molecule has 1 amide bonds. The van der Waals surface area contributed by atoms with Gasteiger partial charge in [0.1, 0.15) is 6.61 Å². The number of hydrogen-bond donors (Lipinski definition) is 0. The van der Waals surface area contributed by atoms with Crippen molar-refractivity contribution in [1.82, 2.24) is 19.0 Å². The van der Waals surface area contributed by atoms with Crippen LogP contribution in [0.15, 0.2) is 0 Å². The van der Waals surface area contributed by atoms with Gasteiger partial charge in [0.15, 0.2) is 5.69 Å². The Balaban J connectivity index is 1.67. The molecule has 3 heterocycles. The van der Waals surface area contributed by atoms with Gasteiger partial charge in [0.2, 0.25) is 21.7 Å². The van der Waals surface area contributed by atoms with Gasteiger partial charge >= 0.3 is 0 Å². The van der Waals surface area contributed by atoms with Crippen LogP contribution >= 0.6 is 0 Å². The number of amides is 1. The van der Waals surface area contributed by atoms with Crippen LogP contribution in [-0.2, 0) is 16.6 Å². The van der Waals surface area contributed by atoms with Gasteiger partial charge < -0.3 is 9.64 Å². The van der Waals surface area contributed by atoms with E-state index in [1.807, 2.05) is 0 Å². The lowest BCUT2D eigenvalue weighted by Crippen LogP contribution is -2.51. The molecular weight excluding hydrogens is 327 g/mol. The van der Waals surface area contributed by atoms with Gasteiger partial charge in [-0.25, -0.2) is 13.1 Å². The summed E-state index contributed by atoms with van der Waals surface area (Å²) < 4.78 is 46.0. The van der Waals surface area contributed by atoms with Gasteiger partial charge in [-0.2, -0.15) is 13.8 Å². The molecule has 3 rings (SSSR count). The Bertz CT molecular complexity index is 710. The fourth-order valence-electron chi connectivity index (χ4n) is 2.79. The van der Waals surface area contributed by atoms with Crippen molar-refractivity contribution in [3.8, 4) is 5.88 Å². The molecule has 23 heavy (non-hydrogen) atoms. The molecular formula is C13H19FN4O4S. The number of carbonyl (C=O) groups excluding carboxylic acids is 1. The van der Waals surface area contributed by atoms with Crippen molar-refractivity contribution in [1.29, 1.82) is 0 Å². The standard InChI is InChI=1S/C13H19FN4O4S/c1-2-9-23(20,21)17-5-3-16(4-6-17)12(19)11-10(14)13-18(15-11)7-8-22-13/h2-9H2,1H3. The Kier molecular flexibility index (Phi) is 4.28. The van der Waals surface area contributed by atoms with Crippen molar-refractivity contribution in [3.63, 3.8) is 0 Å². The average molecular weight is 346 g/mol. The van der Waals surface area contributed by atoms with Gasteiger partial charge in [-0.15, -0.1) is 0 Å². The van der Waals surface area contributed by atoms with Crippen LogP contribution in [0.1, 0.15) is 23.8 Å². The molecule has 8 nitrogen and oxygen atoms in total. The number of sulfonamides is 1. The number of aromatic nitrogens is 2. The Labute approximate surface area is 133 Å². The number of ether oxygens (including phenoxy) is 1. The summed E-state index contributed by atoms with van der Waals surface area (Å²) in [6, 6.07) is 0. The maximum Gasteiger partial charge on any atom is 0.277 e. The molecule has 1 aromatic heterocycles. The summed E-state index contributed by atoms with van der Waals surface area (Å²) in [6.45, 7) is 3.47. The molecule has 1 fully saturated rings. The van der Waals surface area contributed by atoms with E-state index in [2.05, 4.69) is 5.10 Å². The highest BCUT2D eigenvalue weighted by Crippen LogP contribution is 2.25. The van der Waals surface area contributed by atoms with E-state index in [-0.39, 0.29) is 43.5 Å². The van der Waals surface area contributed by atoms with E-state index in [0.29, 0.717) is 19.6 Å². The monoisotopic (exact) mass is 346 g/mol. The zero-order valence-electron chi connectivity index (χ0n) is 12.9. The minimum Gasteiger partial charge on any atom is -0.474 e. The number of halogens is 1. The van der Waals surface area contributed by atoms with Gasteiger partial charge in [-0.1, -0.05) is 6.92 Å². The minimum atomic E-state index is -3.27. The van der Waals surface area contributed by atoms with Crippen molar-refractivity contribution in [2.45, 2.75) is 19.9 Å². The predicted molar refractivity (Wildman–Crippen MR) is 79.2 cm³/mol. The minimum absolute atomic E-state index is 0.00231. The van der Waals surface area contributed by atoms with Crippen molar-refractivity contribution < 1.29 is 22.3 Å². The Morgan fingerprint density at radius 3 is 2.57 bits per heavy atom. The Morgan fingerprint density at radius 1 is 1.26 bits per heavy atom. The van der Waals surface area contributed by atoms with Gasteiger partial charge in [0.25, 0.3) is 5.91 Å². The van der Waals surface area contributed by atoms with Crippen LogP contribution in [0.2, 0.25) is 0 Å². The third-order valence-electron chi connectivity index (χ3n) is 3.98. The largest absolute Gasteiger partial charge is 0.474 e. The molecule has 0 aromatic carbocycles. The summed E-state index contributed by atoms with van der Waals surface area (Å²) in [6.07, 6.45) is 0.549. The first-order valence-corrected chi connectivity index (χ1v) is 9.21. The van der Waals surface area contributed by atoms with Gasteiger partial charge in [0.05, 0.1) is 12.3 Å². The number of nitrogens with zero attached hydrogens (tertiary/aromatic N) is 4. The van der Waals surface area contributed by atoms with E-state index >= 15 is 0 Å². The van der Waals surface area contributed by atoms with E-state index in [4.69, 9.17) is 4.74 Å². The highest BCUT2D eigenvalue weighted by atomic mass is 32.2. The number of rotatable bonds is 4. The lowest BCUT2D eigenvalue weighted by molar-refractivity contribution is 0.0685. The maximum atomic E-state index is 14.1. The van der Waals surface area contributed by atoms with Crippen molar-refractivity contribution >= 4 is 15.9 Å². The van der Waals surface area contributed by atoms with Crippen LogP contribution in [0.5, 0.6) is 5.88 Å². The third-order valence-corrected chi connectivity index (χ3v) is 6.05. The number of carbonyl (C=O) groups is 1. The Hall–Kier alpha value is -1.68. The normalized spacial score (nSPS) is 18.8. The molecule has 0 saturated carbocycles. The highest BCUT2D eigenvalue weighted by Gasteiger charge is 2.33. The molecule has 0 spiro atoms. The highest BCUT2D eigenvalue weighted by molar-refractivity contribution is 7.89. The summed E-state index contributed by atoms with van der Waals surface area (Å²) in [7, 11) is -3.27. The molecule has 0 radical (unpaired) electrons. The molecule has 0 atom stereocenters. The molecule has 2 aliphatic heterocycles. The van der Waals surface area contributed by atoms with Crippen LogP contribution in [0.4, 0.5) is 4.39 Å². The molecule has 0 N–H and O–H groups in total. The van der Waals surface area contributed by atoms with Crippen LogP contribution in [0, 0.1) is 5.82 Å². The zero-order valence-corrected chi connectivity index (χ0v) is 13.7. The van der Waals surface area contributed by atoms with E-state index in [1.165, 1.54) is 13.9 Å². The van der Waals surface area contributed by atoms with Gasteiger partial charge in [-0.05, 0) is 6.42 Å². The molecule has 0 bridgehead atoms. The van der Waals surface area contributed by atoms with Gasteiger partial charge in [0, 0.05) is 26.2 Å². The first-order valence-electron chi connectivity index (χ1n) is 7.60. The van der Waals surface area contributed by atoms with E-state index in [9.17, 15) is 17.6 Å².